The number of benzene rings is 1. The topological polar surface area (TPSA) is 66.5 Å². The van der Waals surface area contributed by atoms with Gasteiger partial charge >= 0.3 is 0 Å². The Hall–Kier alpha value is -0.980. The second kappa shape index (κ2) is 8.60. The van der Waals surface area contributed by atoms with Crippen molar-refractivity contribution in [2.75, 3.05) is 23.7 Å². The molecule has 1 N–H and O–H groups in total. The Bertz CT molecular complexity index is 621. The first-order valence-corrected chi connectivity index (χ1v) is 9.55. The van der Waals surface area contributed by atoms with E-state index in [2.05, 4.69) is 12.2 Å². The normalized spacial score (nSPS) is 11.3. The van der Waals surface area contributed by atoms with Crippen molar-refractivity contribution in [3.63, 3.8) is 0 Å². The fraction of sp³-hybridized carbons (Fsp3) is 0.500. The predicted octanol–water partition coefficient (Wildman–Crippen LogP) is 3.07. The summed E-state index contributed by atoms with van der Waals surface area (Å²) >= 11 is 11.8. The third-order valence-electron chi connectivity index (χ3n) is 2.97. The highest BCUT2D eigenvalue weighted by Crippen LogP contribution is 2.30. The van der Waals surface area contributed by atoms with Gasteiger partial charge in [-0.1, -0.05) is 43.0 Å². The molecule has 22 heavy (non-hydrogen) atoms. The van der Waals surface area contributed by atoms with Gasteiger partial charge in [0, 0.05) is 11.6 Å². The molecule has 0 heterocycles. The van der Waals surface area contributed by atoms with Crippen molar-refractivity contribution in [3.8, 4) is 0 Å². The van der Waals surface area contributed by atoms with Gasteiger partial charge in [0.25, 0.3) is 0 Å². The average Bonchev–Trinajstić information content (AvgIpc) is 2.41. The Morgan fingerprint density at radius 1 is 1.27 bits per heavy atom. The molecule has 0 aliphatic carbocycles. The zero-order chi connectivity index (χ0) is 16.8. The van der Waals surface area contributed by atoms with Crippen molar-refractivity contribution < 1.29 is 13.2 Å². The molecule has 0 spiro atoms. The molecule has 0 bridgehead atoms. The van der Waals surface area contributed by atoms with Gasteiger partial charge in [0.1, 0.15) is 6.54 Å². The summed E-state index contributed by atoms with van der Waals surface area (Å²) in [6.07, 6.45) is 3.95. The lowest BCUT2D eigenvalue weighted by atomic mass is 10.2. The monoisotopic (exact) mass is 366 g/mol. The molecular formula is C14H20Cl2N2O3S. The molecular weight excluding hydrogens is 347 g/mol. The van der Waals surface area contributed by atoms with E-state index in [-0.39, 0.29) is 23.2 Å². The van der Waals surface area contributed by atoms with Gasteiger partial charge in [0.05, 0.1) is 17.0 Å². The zero-order valence-corrected chi connectivity index (χ0v) is 14.9. The van der Waals surface area contributed by atoms with Crippen LogP contribution in [0.15, 0.2) is 18.2 Å². The maximum atomic E-state index is 11.9. The molecule has 0 aromatic heterocycles. The van der Waals surface area contributed by atoms with Crippen LogP contribution < -0.4 is 9.62 Å². The lowest BCUT2D eigenvalue weighted by molar-refractivity contribution is -0.119. The van der Waals surface area contributed by atoms with E-state index in [0.29, 0.717) is 11.6 Å². The van der Waals surface area contributed by atoms with E-state index < -0.39 is 10.0 Å². The van der Waals surface area contributed by atoms with Gasteiger partial charge in [-0.05, 0) is 24.6 Å². The maximum absolute atomic E-state index is 11.9. The summed E-state index contributed by atoms with van der Waals surface area (Å²) < 4.78 is 24.8. The Morgan fingerprint density at radius 2 is 1.95 bits per heavy atom. The van der Waals surface area contributed by atoms with Crippen LogP contribution in [0.3, 0.4) is 0 Å². The molecule has 0 fully saturated rings. The Morgan fingerprint density at radius 3 is 2.50 bits per heavy atom. The van der Waals surface area contributed by atoms with Gasteiger partial charge in [0.2, 0.25) is 15.9 Å². The first-order chi connectivity index (χ1) is 10.3. The van der Waals surface area contributed by atoms with E-state index in [1.54, 1.807) is 0 Å². The van der Waals surface area contributed by atoms with Crippen LogP contribution in [0.4, 0.5) is 5.69 Å². The number of anilines is 1. The standard InChI is InChI=1S/C14H20Cl2N2O3S/c1-3-4-5-8-17-14(19)10-18(22(2,20)21)13-7-6-11(15)9-12(13)16/h6-7,9H,3-5,8,10H2,1-2H3,(H,17,19). The highest BCUT2D eigenvalue weighted by Gasteiger charge is 2.22. The molecule has 0 aliphatic heterocycles. The SMILES string of the molecule is CCCCCNC(=O)CN(c1ccc(Cl)cc1Cl)S(C)(=O)=O. The molecule has 0 saturated carbocycles. The average molecular weight is 367 g/mol. The van der Waals surface area contributed by atoms with Gasteiger partial charge in [0.15, 0.2) is 0 Å². The van der Waals surface area contributed by atoms with Crippen LogP contribution in [0.1, 0.15) is 26.2 Å². The number of nitrogens with one attached hydrogen (secondary N) is 1. The fourth-order valence-electron chi connectivity index (χ4n) is 1.85. The minimum Gasteiger partial charge on any atom is -0.355 e. The third-order valence-corrected chi connectivity index (χ3v) is 4.63. The second-order valence-electron chi connectivity index (χ2n) is 4.92. The molecule has 1 amide bonds. The molecule has 1 aromatic rings. The van der Waals surface area contributed by atoms with Crippen molar-refractivity contribution in [2.45, 2.75) is 26.2 Å². The number of hydrogen-bond donors (Lipinski definition) is 1. The molecule has 0 atom stereocenters. The molecule has 1 rings (SSSR count). The second-order valence-corrected chi connectivity index (χ2v) is 7.67. The summed E-state index contributed by atoms with van der Waals surface area (Å²) in [5, 5.41) is 3.28. The Kier molecular flexibility index (Phi) is 7.45. The van der Waals surface area contributed by atoms with Gasteiger partial charge in [-0.3, -0.25) is 9.10 Å². The van der Waals surface area contributed by atoms with Gasteiger partial charge < -0.3 is 5.32 Å². The van der Waals surface area contributed by atoms with Crippen LogP contribution in [0, 0.1) is 0 Å². The highest BCUT2D eigenvalue weighted by atomic mass is 35.5. The van der Waals surface area contributed by atoms with Crippen molar-refractivity contribution in [2.24, 2.45) is 0 Å². The number of carbonyl (C=O) groups excluding carboxylic acids is 1. The van der Waals surface area contributed by atoms with Crippen molar-refractivity contribution >= 4 is 44.8 Å². The van der Waals surface area contributed by atoms with Crippen LogP contribution >= 0.6 is 23.2 Å². The van der Waals surface area contributed by atoms with E-state index in [9.17, 15) is 13.2 Å². The Balaban J connectivity index is 2.85. The lowest BCUT2D eigenvalue weighted by Crippen LogP contribution is -2.40. The number of nitrogens with zero attached hydrogens (tertiary/aromatic N) is 1. The van der Waals surface area contributed by atoms with E-state index in [1.165, 1.54) is 18.2 Å². The smallest absolute Gasteiger partial charge is 0.240 e. The van der Waals surface area contributed by atoms with Crippen LogP contribution in [-0.2, 0) is 14.8 Å². The molecule has 0 radical (unpaired) electrons. The van der Waals surface area contributed by atoms with E-state index >= 15 is 0 Å². The molecule has 0 aliphatic rings. The number of unbranched alkanes of at least 4 members (excludes halogenated alkanes) is 2. The highest BCUT2D eigenvalue weighted by molar-refractivity contribution is 7.92. The third kappa shape index (κ3) is 6.02. The zero-order valence-electron chi connectivity index (χ0n) is 12.6. The van der Waals surface area contributed by atoms with Crippen LogP contribution in [0.5, 0.6) is 0 Å². The number of carbonyl (C=O) groups is 1. The maximum Gasteiger partial charge on any atom is 0.240 e. The van der Waals surface area contributed by atoms with Crippen LogP contribution in [0.2, 0.25) is 10.0 Å². The van der Waals surface area contributed by atoms with E-state index in [4.69, 9.17) is 23.2 Å². The molecule has 124 valence electrons. The summed E-state index contributed by atoms with van der Waals surface area (Å²) in [5.41, 5.74) is 0.234. The summed E-state index contributed by atoms with van der Waals surface area (Å²) in [5.74, 6) is -0.368. The molecule has 5 nitrogen and oxygen atoms in total. The quantitative estimate of drug-likeness (QED) is 0.718. The van der Waals surface area contributed by atoms with Gasteiger partial charge in [-0.2, -0.15) is 0 Å². The summed E-state index contributed by atoms with van der Waals surface area (Å²) in [6.45, 7) is 2.28. The number of halogens is 2. The molecule has 0 saturated heterocycles. The van der Waals surface area contributed by atoms with Gasteiger partial charge in [-0.15, -0.1) is 0 Å². The van der Waals surface area contributed by atoms with Gasteiger partial charge in [-0.25, -0.2) is 8.42 Å². The molecule has 8 heteroatoms. The Labute approximate surface area is 141 Å². The van der Waals surface area contributed by atoms with Crippen LogP contribution in [-0.4, -0.2) is 33.7 Å². The van der Waals surface area contributed by atoms with Crippen molar-refractivity contribution in [3.05, 3.63) is 28.2 Å². The largest absolute Gasteiger partial charge is 0.355 e. The summed E-state index contributed by atoms with van der Waals surface area (Å²) in [4.78, 5) is 11.9. The van der Waals surface area contributed by atoms with Crippen molar-refractivity contribution in [1.29, 1.82) is 0 Å². The molecule has 1 aromatic carbocycles. The van der Waals surface area contributed by atoms with Crippen molar-refractivity contribution in [1.82, 2.24) is 5.32 Å². The summed E-state index contributed by atoms with van der Waals surface area (Å²) in [6, 6.07) is 4.45. The first kappa shape index (κ1) is 19.1. The van der Waals surface area contributed by atoms with Crippen LogP contribution in [0.25, 0.3) is 0 Å². The predicted molar refractivity (Wildman–Crippen MR) is 91.2 cm³/mol. The minimum atomic E-state index is -3.64. The number of amides is 1. The van der Waals surface area contributed by atoms with E-state index in [0.717, 1.165) is 29.8 Å². The molecule has 0 unspecified atom stereocenters. The first-order valence-electron chi connectivity index (χ1n) is 6.95. The number of sulfonamides is 1. The fourth-order valence-corrected chi connectivity index (χ4v) is 3.28. The summed E-state index contributed by atoms with van der Waals surface area (Å²) in [7, 11) is -3.64. The number of hydrogen-bond acceptors (Lipinski definition) is 3. The van der Waals surface area contributed by atoms with E-state index in [1.807, 2.05) is 0 Å². The lowest BCUT2D eigenvalue weighted by Gasteiger charge is -2.23. The number of rotatable bonds is 8. The minimum absolute atomic E-state index is 0.178.